The molecule has 1 unspecified atom stereocenters. The van der Waals surface area contributed by atoms with Crippen LogP contribution in [0.5, 0.6) is 0 Å². The van der Waals surface area contributed by atoms with Crippen LogP contribution >= 0.6 is 27.3 Å². The summed E-state index contributed by atoms with van der Waals surface area (Å²) in [4.78, 5) is 23.5. The van der Waals surface area contributed by atoms with E-state index in [1.54, 1.807) is 17.4 Å². The zero-order valence-electron chi connectivity index (χ0n) is 7.83. The fourth-order valence-electron chi connectivity index (χ4n) is 1.85. The first kappa shape index (κ1) is 10.8. The van der Waals surface area contributed by atoms with E-state index in [1.807, 2.05) is 0 Å². The van der Waals surface area contributed by atoms with Crippen LogP contribution in [-0.4, -0.2) is 16.9 Å². The van der Waals surface area contributed by atoms with Gasteiger partial charge in [-0.2, -0.15) is 0 Å². The van der Waals surface area contributed by atoms with Gasteiger partial charge in [-0.25, -0.2) is 0 Å². The molecule has 1 aliphatic carbocycles. The van der Waals surface area contributed by atoms with Crippen molar-refractivity contribution in [2.45, 2.75) is 19.3 Å². The maximum Gasteiger partial charge on any atom is 0.304 e. The maximum atomic E-state index is 11.9. The van der Waals surface area contributed by atoms with E-state index in [0.29, 0.717) is 12.0 Å². The van der Waals surface area contributed by atoms with Gasteiger partial charge in [0.15, 0.2) is 5.78 Å². The first-order valence-corrected chi connectivity index (χ1v) is 6.23. The quantitative estimate of drug-likeness (QED) is 0.910. The molecule has 80 valence electrons. The molecule has 1 aliphatic rings. The van der Waals surface area contributed by atoms with Gasteiger partial charge in [0, 0.05) is 16.4 Å². The minimum Gasteiger partial charge on any atom is -0.481 e. The van der Waals surface area contributed by atoms with E-state index < -0.39 is 5.97 Å². The van der Waals surface area contributed by atoms with E-state index in [2.05, 4.69) is 15.9 Å². The van der Waals surface area contributed by atoms with Crippen LogP contribution in [0.15, 0.2) is 9.85 Å². The molecule has 1 aromatic rings. The molecule has 0 amide bonds. The van der Waals surface area contributed by atoms with Gasteiger partial charge >= 0.3 is 5.97 Å². The normalized spacial score (nSPS) is 20.1. The van der Waals surface area contributed by atoms with E-state index in [9.17, 15) is 9.59 Å². The molecule has 1 aromatic heterocycles. The fourth-order valence-corrected chi connectivity index (χ4v) is 3.57. The van der Waals surface area contributed by atoms with Gasteiger partial charge in [0.25, 0.3) is 0 Å². The number of Topliss-reactive ketones (excluding diaryl/α,β-unsaturated/α-hetero) is 1. The molecular formula is C10H9BrO3S. The Morgan fingerprint density at radius 2 is 2.40 bits per heavy atom. The molecule has 0 aliphatic heterocycles. The number of carbonyl (C=O) groups is 2. The summed E-state index contributed by atoms with van der Waals surface area (Å²) in [5.41, 5.74) is 0.712. The predicted molar refractivity (Wildman–Crippen MR) is 60.4 cm³/mol. The molecular weight excluding hydrogens is 280 g/mol. The Bertz CT molecular complexity index is 424. The number of hydrogen-bond donors (Lipinski definition) is 1. The minimum atomic E-state index is -0.897. The Morgan fingerprint density at radius 1 is 1.67 bits per heavy atom. The second-order valence-corrected chi connectivity index (χ2v) is 6.10. The summed E-state index contributed by atoms with van der Waals surface area (Å²) in [5.74, 6) is -1.25. The second kappa shape index (κ2) is 4.06. The second-order valence-electron chi connectivity index (χ2n) is 3.59. The number of halogens is 1. The Morgan fingerprint density at radius 3 is 3.07 bits per heavy atom. The lowest BCUT2D eigenvalue weighted by Gasteiger charge is -2.18. The molecule has 1 heterocycles. The SMILES string of the molecule is O=C(O)CC1CCc2sc(Br)cc2C1=O. The lowest BCUT2D eigenvalue weighted by molar-refractivity contribution is -0.137. The summed E-state index contributed by atoms with van der Waals surface area (Å²) in [7, 11) is 0. The third-order valence-electron chi connectivity index (χ3n) is 2.56. The minimum absolute atomic E-state index is 0.0133. The number of rotatable bonds is 2. The molecule has 5 heteroatoms. The Hall–Kier alpha value is -0.680. The molecule has 1 N–H and O–H groups in total. The summed E-state index contributed by atoms with van der Waals surface area (Å²) in [5, 5.41) is 8.68. The van der Waals surface area contributed by atoms with Gasteiger partial charge < -0.3 is 5.11 Å². The van der Waals surface area contributed by atoms with Crippen LogP contribution in [0.3, 0.4) is 0 Å². The molecule has 0 fully saturated rings. The van der Waals surface area contributed by atoms with Crippen molar-refractivity contribution in [3.8, 4) is 0 Å². The van der Waals surface area contributed by atoms with Gasteiger partial charge in [-0.1, -0.05) is 0 Å². The average Bonchev–Trinajstić information content (AvgIpc) is 2.51. The van der Waals surface area contributed by atoms with Crippen molar-refractivity contribution >= 4 is 39.0 Å². The summed E-state index contributed by atoms with van der Waals surface area (Å²) < 4.78 is 0.942. The highest BCUT2D eigenvalue weighted by Gasteiger charge is 2.30. The molecule has 1 atom stereocenters. The molecule has 2 rings (SSSR count). The number of carboxylic acid groups (broad SMARTS) is 1. The van der Waals surface area contributed by atoms with Gasteiger partial charge in [-0.3, -0.25) is 9.59 Å². The fraction of sp³-hybridized carbons (Fsp3) is 0.400. The van der Waals surface area contributed by atoms with Gasteiger partial charge in [0.05, 0.1) is 10.2 Å². The molecule has 0 bridgehead atoms. The van der Waals surface area contributed by atoms with Crippen molar-refractivity contribution in [2.75, 3.05) is 0 Å². The standard InChI is InChI=1S/C10H9BrO3S/c11-8-4-6-7(15-8)2-1-5(10(6)14)3-9(12)13/h4-5H,1-3H2,(H,12,13). The number of hydrogen-bond acceptors (Lipinski definition) is 3. The van der Waals surface area contributed by atoms with Crippen LogP contribution in [0.25, 0.3) is 0 Å². The first-order chi connectivity index (χ1) is 7.08. The topological polar surface area (TPSA) is 54.4 Å². The number of carbonyl (C=O) groups excluding carboxylic acids is 1. The first-order valence-electron chi connectivity index (χ1n) is 4.62. The molecule has 0 spiro atoms. The van der Waals surface area contributed by atoms with E-state index in [0.717, 1.165) is 15.1 Å². The van der Waals surface area contributed by atoms with Gasteiger partial charge in [-0.15, -0.1) is 11.3 Å². The van der Waals surface area contributed by atoms with E-state index in [1.165, 1.54) is 0 Å². The van der Waals surface area contributed by atoms with Crippen LogP contribution in [0.2, 0.25) is 0 Å². The summed E-state index contributed by atoms with van der Waals surface area (Å²) in [6.07, 6.45) is 1.42. The van der Waals surface area contributed by atoms with Crippen molar-refractivity contribution in [1.29, 1.82) is 0 Å². The molecule has 3 nitrogen and oxygen atoms in total. The van der Waals surface area contributed by atoms with E-state index in [4.69, 9.17) is 5.11 Å². The average molecular weight is 289 g/mol. The van der Waals surface area contributed by atoms with Crippen LogP contribution in [0.4, 0.5) is 0 Å². The Labute approximate surface area is 99.2 Å². The van der Waals surface area contributed by atoms with Crippen molar-refractivity contribution in [3.05, 3.63) is 20.3 Å². The molecule has 0 aromatic carbocycles. The van der Waals surface area contributed by atoms with Crippen LogP contribution in [0, 0.1) is 5.92 Å². The summed E-state index contributed by atoms with van der Waals surface area (Å²) >= 11 is 4.90. The van der Waals surface area contributed by atoms with Crippen molar-refractivity contribution in [2.24, 2.45) is 5.92 Å². The van der Waals surface area contributed by atoms with Gasteiger partial charge in [0.2, 0.25) is 0 Å². The highest BCUT2D eigenvalue weighted by Crippen LogP contribution is 2.35. The smallest absolute Gasteiger partial charge is 0.304 e. The number of thiophene rings is 1. The predicted octanol–water partition coefficient (Wildman–Crippen LogP) is 2.73. The van der Waals surface area contributed by atoms with Gasteiger partial charge in [0.1, 0.15) is 0 Å². The molecule has 0 radical (unpaired) electrons. The van der Waals surface area contributed by atoms with Crippen molar-refractivity contribution < 1.29 is 14.7 Å². The Kier molecular flexibility index (Phi) is 2.93. The zero-order chi connectivity index (χ0) is 11.0. The third kappa shape index (κ3) is 2.13. The third-order valence-corrected chi connectivity index (χ3v) is 4.25. The maximum absolute atomic E-state index is 11.9. The highest BCUT2D eigenvalue weighted by molar-refractivity contribution is 9.11. The van der Waals surface area contributed by atoms with E-state index in [-0.39, 0.29) is 18.1 Å². The molecule has 0 saturated heterocycles. The van der Waals surface area contributed by atoms with Crippen LogP contribution < -0.4 is 0 Å². The lowest BCUT2D eigenvalue weighted by Crippen LogP contribution is -2.23. The monoisotopic (exact) mass is 288 g/mol. The number of aryl methyl sites for hydroxylation is 1. The van der Waals surface area contributed by atoms with Crippen molar-refractivity contribution in [1.82, 2.24) is 0 Å². The van der Waals surface area contributed by atoms with Gasteiger partial charge in [-0.05, 0) is 34.8 Å². The number of ketones is 1. The van der Waals surface area contributed by atoms with E-state index >= 15 is 0 Å². The summed E-state index contributed by atoms with van der Waals surface area (Å²) in [6, 6.07) is 1.80. The number of aliphatic carboxylic acids is 1. The summed E-state index contributed by atoms with van der Waals surface area (Å²) in [6.45, 7) is 0. The van der Waals surface area contributed by atoms with Crippen LogP contribution in [0.1, 0.15) is 28.1 Å². The number of fused-ring (bicyclic) bond motifs is 1. The largest absolute Gasteiger partial charge is 0.481 e. The zero-order valence-corrected chi connectivity index (χ0v) is 10.2. The van der Waals surface area contributed by atoms with Crippen LogP contribution in [-0.2, 0) is 11.2 Å². The van der Waals surface area contributed by atoms with Crippen molar-refractivity contribution in [3.63, 3.8) is 0 Å². The highest BCUT2D eigenvalue weighted by atomic mass is 79.9. The number of carboxylic acids is 1. The Balaban J connectivity index is 2.25. The molecule has 0 saturated carbocycles. The molecule has 15 heavy (non-hydrogen) atoms. The lowest BCUT2D eigenvalue weighted by atomic mass is 9.85.